The Morgan fingerprint density at radius 2 is 1.57 bits per heavy atom. The van der Waals surface area contributed by atoms with Crippen molar-refractivity contribution in [1.82, 2.24) is 10.2 Å². The molecule has 2 aromatic rings. The molecule has 1 N–H and O–H groups in total. The molecule has 2 rings (SSSR count). The zero-order valence-corrected chi connectivity index (χ0v) is 19.4. The lowest BCUT2D eigenvalue weighted by Crippen LogP contribution is -2.48. The highest BCUT2D eigenvalue weighted by atomic mass is 35.5. The van der Waals surface area contributed by atoms with E-state index in [4.69, 9.17) is 11.6 Å². The van der Waals surface area contributed by atoms with Crippen molar-refractivity contribution >= 4 is 23.4 Å². The van der Waals surface area contributed by atoms with Gasteiger partial charge in [0.1, 0.15) is 6.04 Å². The molecule has 0 aromatic heterocycles. The van der Waals surface area contributed by atoms with E-state index < -0.39 is 6.04 Å². The normalized spacial score (nSPS) is 12.3. The molecule has 0 saturated heterocycles. The monoisotopic (exact) mass is 428 g/mol. The number of hydrogen-bond acceptors (Lipinski definition) is 2. The molecular formula is C25H33ClN2O2. The maximum Gasteiger partial charge on any atom is 0.242 e. The van der Waals surface area contributed by atoms with Crippen molar-refractivity contribution in [2.75, 3.05) is 7.05 Å². The smallest absolute Gasteiger partial charge is 0.242 e. The van der Waals surface area contributed by atoms with Gasteiger partial charge in [-0.25, -0.2) is 0 Å². The minimum absolute atomic E-state index is 0.0275. The highest BCUT2D eigenvalue weighted by Gasteiger charge is 2.27. The third-order valence-corrected chi connectivity index (χ3v) is 5.60. The molecule has 0 spiro atoms. The Balaban J connectivity index is 2.14. The number of likely N-dealkylation sites (N-methyl/N-ethyl adjacent to an activating group) is 1. The third-order valence-electron chi connectivity index (χ3n) is 5.35. The van der Waals surface area contributed by atoms with Gasteiger partial charge < -0.3 is 10.2 Å². The van der Waals surface area contributed by atoms with Crippen LogP contribution in [0.3, 0.4) is 0 Å². The molecule has 30 heavy (non-hydrogen) atoms. The van der Waals surface area contributed by atoms with E-state index in [1.54, 1.807) is 24.1 Å². The number of hydrogen-bond donors (Lipinski definition) is 1. The third kappa shape index (κ3) is 6.60. The Labute approximate surface area is 185 Å². The molecule has 4 nitrogen and oxygen atoms in total. The van der Waals surface area contributed by atoms with Crippen molar-refractivity contribution in [3.05, 3.63) is 70.2 Å². The van der Waals surface area contributed by atoms with Crippen LogP contribution in [-0.4, -0.2) is 29.8 Å². The molecule has 2 aromatic carbocycles. The van der Waals surface area contributed by atoms with E-state index in [1.807, 2.05) is 19.1 Å². The van der Waals surface area contributed by atoms with E-state index in [-0.39, 0.29) is 17.2 Å². The first-order valence-electron chi connectivity index (χ1n) is 10.5. The number of nitrogens with zero attached hydrogens (tertiary/aromatic N) is 1. The summed E-state index contributed by atoms with van der Waals surface area (Å²) in [5.74, 6) is -0.172. The predicted octanol–water partition coefficient (Wildman–Crippen LogP) is 5.12. The molecule has 0 aliphatic heterocycles. The van der Waals surface area contributed by atoms with Gasteiger partial charge in [-0.1, -0.05) is 75.7 Å². The molecule has 1 atom stereocenters. The van der Waals surface area contributed by atoms with E-state index in [0.29, 0.717) is 30.8 Å². The maximum absolute atomic E-state index is 13.2. The fraction of sp³-hybridized carbons (Fsp3) is 0.440. The van der Waals surface area contributed by atoms with Gasteiger partial charge >= 0.3 is 0 Å². The number of amides is 2. The van der Waals surface area contributed by atoms with Crippen LogP contribution >= 0.6 is 11.6 Å². The van der Waals surface area contributed by atoms with Crippen LogP contribution in [0.5, 0.6) is 0 Å². The van der Waals surface area contributed by atoms with Crippen molar-refractivity contribution in [2.24, 2.45) is 0 Å². The Kier molecular flexibility index (Phi) is 8.48. The van der Waals surface area contributed by atoms with Crippen molar-refractivity contribution < 1.29 is 9.59 Å². The number of halogens is 1. The van der Waals surface area contributed by atoms with Crippen molar-refractivity contribution in [2.45, 2.75) is 65.0 Å². The van der Waals surface area contributed by atoms with Gasteiger partial charge in [0.25, 0.3) is 0 Å². The second kappa shape index (κ2) is 10.6. The van der Waals surface area contributed by atoms with Gasteiger partial charge in [-0.15, -0.1) is 0 Å². The number of rotatable bonds is 8. The topological polar surface area (TPSA) is 49.4 Å². The van der Waals surface area contributed by atoms with E-state index in [9.17, 15) is 9.59 Å². The summed E-state index contributed by atoms with van der Waals surface area (Å²) in [5, 5.41) is 3.33. The van der Waals surface area contributed by atoms with Crippen LogP contribution < -0.4 is 5.32 Å². The van der Waals surface area contributed by atoms with Crippen LogP contribution in [0.1, 0.15) is 57.2 Å². The predicted molar refractivity (Wildman–Crippen MR) is 124 cm³/mol. The number of benzene rings is 2. The lowest BCUT2D eigenvalue weighted by atomic mass is 9.86. The molecule has 162 valence electrons. The standard InChI is InChI=1S/C25H33ClN2O2/c1-6-22(24(30)27-5)28(17-19-9-14-21(26)15-10-19)23(29)16-11-18-7-12-20(13-8-18)25(2,3)4/h7-10,12-15,22H,6,11,16-17H2,1-5H3,(H,27,30)/t22-/m1/s1. The average molecular weight is 429 g/mol. The number of aryl methyl sites for hydroxylation is 1. The molecule has 0 saturated carbocycles. The molecule has 0 fully saturated rings. The molecule has 2 amide bonds. The van der Waals surface area contributed by atoms with E-state index in [0.717, 1.165) is 11.1 Å². The van der Waals surface area contributed by atoms with Crippen LogP contribution in [0.15, 0.2) is 48.5 Å². The van der Waals surface area contributed by atoms with Crippen molar-refractivity contribution in [1.29, 1.82) is 0 Å². The Morgan fingerprint density at radius 3 is 2.07 bits per heavy atom. The Hall–Kier alpha value is -2.33. The van der Waals surface area contributed by atoms with Crippen LogP contribution in [0, 0.1) is 0 Å². The molecular weight excluding hydrogens is 396 g/mol. The molecule has 0 unspecified atom stereocenters. The second-order valence-electron chi connectivity index (χ2n) is 8.63. The van der Waals surface area contributed by atoms with E-state index >= 15 is 0 Å². The SMILES string of the molecule is CC[C@H](C(=O)NC)N(Cc1ccc(Cl)cc1)C(=O)CCc1ccc(C(C)(C)C)cc1. The summed E-state index contributed by atoms with van der Waals surface area (Å²) in [6.45, 7) is 8.86. The van der Waals surface area contributed by atoms with Gasteiger partial charge in [-0.2, -0.15) is 0 Å². The van der Waals surface area contributed by atoms with Gasteiger partial charge in [0.05, 0.1) is 0 Å². The highest BCUT2D eigenvalue weighted by molar-refractivity contribution is 6.30. The zero-order chi connectivity index (χ0) is 22.3. The second-order valence-corrected chi connectivity index (χ2v) is 9.07. The molecule has 0 heterocycles. The molecule has 0 radical (unpaired) electrons. The van der Waals surface area contributed by atoms with Crippen LogP contribution in [-0.2, 0) is 28.0 Å². The summed E-state index contributed by atoms with van der Waals surface area (Å²) in [4.78, 5) is 27.3. The lowest BCUT2D eigenvalue weighted by molar-refractivity contribution is -0.141. The van der Waals surface area contributed by atoms with Crippen molar-refractivity contribution in [3.8, 4) is 0 Å². The number of carbonyl (C=O) groups excluding carboxylic acids is 2. The van der Waals surface area contributed by atoms with Crippen LogP contribution in [0.25, 0.3) is 0 Å². The molecule has 0 bridgehead atoms. The first-order chi connectivity index (χ1) is 14.2. The average Bonchev–Trinajstić information content (AvgIpc) is 2.72. The number of nitrogens with one attached hydrogen (secondary N) is 1. The lowest BCUT2D eigenvalue weighted by Gasteiger charge is -2.30. The van der Waals surface area contributed by atoms with Gasteiger partial charge in [0, 0.05) is 25.0 Å². The number of carbonyl (C=O) groups is 2. The first kappa shape index (κ1) is 23.9. The van der Waals surface area contributed by atoms with Crippen LogP contribution in [0.4, 0.5) is 0 Å². The largest absolute Gasteiger partial charge is 0.357 e. The molecule has 5 heteroatoms. The summed E-state index contributed by atoms with van der Waals surface area (Å²) >= 11 is 5.99. The minimum Gasteiger partial charge on any atom is -0.357 e. The molecule has 0 aliphatic rings. The van der Waals surface area contributed by atoms with E-state index in [1.165, 1.54) is 5.56 Å². The first-order valence-corrected chi connectivity index (χ1v) is 10.9. The van der Waals surface area contributed by atoms with Gasteiger partial charge in [0.15, 0.2) is 0 Å². The zero-order valence-electron chi connectivity index (χ0n) is 18.7. The summed E-state index contributed by atoms with van der Waals surface area (Å²) in [6, 6.07) is 15.3. The molecule has 0 aliphatic carbocycles. The quantitative estimate of drug-likeness (QED) is 0.634. The Bertz CT molecular complexity index is 839. The van der Waals surface area contributed by atoms with Crippen molar-refractivity contribution in [3.63, 3.8) is 0 Å². The van der Waals surface area contributed by atoms with Gasteiger partial charge in [0.2, 0.25) is 11.8 Å². The fourth-order valence-electron chi connectivity index (χ4n) is 3.44. The van der Waals surface area contributed by atoms with E-state index in [2.05, 4.69) is 50.4 Å². The van der Waals surface area contributed by atoms with Gasteiger partial charge in [-0.05, 0) is 47.1 Å². The minimum atomic E-state index is -0.499. The Morgan fingerprint density at radius 1 is 1.00 bits per heavy atom. The summed E-state index contributed by atoms with van der Waals surface area (Å²) in [6.07, 6.45) is 1.56. The summed E-state index contributed by atoms with van der Waals surface area (Å²) < 4.78 is 0. The van der Waals surface area contributed by atoms with Gasteiger partial charge in [-0.3, -0.25) is 9.59 Å². The summed E-state index contributed by atoms with van der Waals surface area (Å²) in [5.41, 5.74) is 3.44. The summed E-state index contributed by atoms with van der Waals surface area (Å²) in [7, 11) is 1.60. The fourth-order valence-corrected chi connectivity index (χ4v) is 3.56. The highest BCUT2D eigenvalue weighted by Crippen LogP contribution is 2.23. The van der Waals surface area contributed by atoms with Crippen LogP contribution in [0.2, 0.25) is 5.02 Å². The maximum atomic E-state index is 13.2.